The number of nitrogens with zero attached hydrogens (tertiary/aromatic N) is 1. The average Bonchev–Trinajstić information content (AvgIpc) is 2.29. The van der Waals surface area contributed by atoms with Crippen molar-refractivity contribution in [1.82, 2.24) is 0 Å². The Morgan fingerprint density at radius 3 is 2.33 bits per heavy atom. The van der Waals surface area contributed by atoms with Crippen LogP contribution in [0.3, 0.4) is 0 Å². The van der Waals surface area contributed by atoms with Crippen molar-refractivity contribution in [3.05, 3.63) is 42.5 Å². The summed E-state index contributed by atoms with van der Waals surface area (Å²) in [7, 11) is 1.70. The maximum Gasteiger partial charge on any atom is 0.126 e. The minimum absolute atomic E-state index is 0.938. The molecule has 2 aromatic carbocycles. The second-order valence-corrected chi connectivity index (χ2v) is 2.91. The Bertz CT molecular complexity index is 466. The van der Waals surface area contributed by atoms with Gasteiger partial charge in [0, 0.05) is 12.3 Å². The molecule has 0 aliphatic rings. The molecule has 2 aromatic rings. The van der Waals surface area contributed by atoms with Crippen molar-refractivity contribution in [2.75, 3.05) is 7.11 Å². The predicted molar refractivity (Wildman–Crippen MR) is 61.8 cm³/mol. The van der Waals surface area contributed by atoms with Crippen LogP contribution in [0.2, 0.25) is 0 Å². The van der Waals surface area contributed by atoms with E-state index in [1.54, 1.807) is 13.2 Å². The molecule has 0 aromatic heterocycles. The van der Waals surface area contributed by atoms with Crippen molar-refractivity contribution in [3.63, 3.8) is 0 Å². The fraction of sp³-hybridized carbons (Fsp3) is 0.154. The minimum Gasteiger partial charge on any atom is -0.496 e. The van der Waals surface area contributed by atoms with Crippen molar-refractivity contribution in [2.45, 2.75) is 6.92 Å². The van der Waals surface area contributed by atoms with Crippen LogP contribution in [0, 0.1) is 11.3 Å². The zero-order valence-electron chi connectivity index (χ0n) is 8.90. The highest BCUT2D eigenvalue weighted by atomic mass is 16.5. The summed E-state index contributed by atoms with van der Waals surface area (Å²) < 4.78 is 5.23. The van der Waals surface area contributed by atoms with Gasteiger partial charge in [-0.2, -0.15) is 5.26 Å². The van der Waals surface area contributed by atoms with Gasteiger partial charge in [-0.05, 0) is 11.5 Å². The van der Waals surface area contributed by atoms with Gasteiger partial charge in [0.15, 0.2) is 0 Å². The summed E-state index contributed by atoms with van der Waals surface area (Å²) in [5.41, 5.74) is 0. The molecule has 15 heavy (non-hydrogen) atoms. The largest absolute Gasteiger partial charge is 0.496 e. The average molecular weight is 199 g/mol. The predicted octanol–water partition coefficient (Wildman–Crippen LogP) is 3.38. The summed E-state index contributed by atoms with van der Waals surface area (Å²) in [5, 5.41) is 9.71. The Hall–Kier alpha value is -2.01. The van der Waals surface area contributed by atoms with Gasteiger partial charge in [0.05, 0.1) is 13.2 Å². The van der Waals surface area contributed by atoms with Crippen molar-refractivity contribution < 1.29 is 4.74 Å². The molecule has 2 rings (SSSR count). The van der Waals surface area contributed by atoms with E-state index in [0.29, 0.717) is 0 Å². The van der Waals surface area contributed by atoms with Gasteiger partial charge in [-0.15, -0.1) is 0 Å². The van der Waals surface area contributed by atoms with Crippen molar-refractivity contribution in [2.24, 2.45) is 0 Å². The normalized spacial score (nSPS) is 8.60. The number of benzene rings is 2. The molecule has 2 nitrogen and oxygen atoms in total. The molecule has 0 unspecified atom stereocenters. The van der Waals surface area contributed by atoms with Crippen molar-refractivity contribution in [3.8, 4) is 11.8 Å². The molecule has 0 N–H and O–H groups in total. The van der Waals surface area contributed by atoms with E-state index in [1.165, 1.54) is 17.7 Å². The van der Waals surface area contributed by atoms with E-state index in [4.69, 9.17) is 10.00 Å². The number of nitriles is 1. The van der Waals surface area contributed by atoms with Gasteiger partial charge in [0.1, 0.15) is 5.75 Å². The molecule has 0 bridgehead atoms. The topological polar surface area (TPSA) is 33.0 Å². The smallest absolute Gasteiger partial charge is 0.126 e. The van der Waals surface area contributed by atoms with Crippen LogP contribution < -0.4 is 4.74 Å². The van der Waals surface area contributed by atoms with E-state index in [9.17, 15) is 0 Å². The van der Waals surface area contributed by atoms with E-state index < -0.39 is 0 Å². The Balaban J connectivity index is 0.000000337. The molecular weight excluding hydrogens is 186 g/mol. The third kappa shape index (κ3) is 2.72. The molecule has 0 aliphatic carbocycles. The van der Waals surface area contributed by atoms with Gasteiger partial charge in [-0.1, -0.05) is 36.4 Å². The molecule has 0 atom stereocenters. The van der Waals surface area contributed by atoms with Crippen LogP contribution in [0.1, 0.15) is 6.92 Å². The van der Waals surface area contributed by atoms with Gasteiger partial charge in [0.2, 0.25) is 0 Å². The van der Waals surface area contributed by atoms with Gasteiger partial charge in [-0.25, -0.2) is 0 Å². The quantitative estimate of drug-likeness (QED) is 0.705. The molecule has 0 amide bonds. The lowest BCUT2D eigenvalue weighted by molar-refractivity contribution is 0.420. The third-order valence-electron chi connectivity index (χ3n) is 1.97. The highest BCUT2D eigenvalue weighted by molar-refractivity contribution is 5.88. The summed E-state index contributed by atoms with van der Waals surface area (Å²) in [6.45, 7) is 1.43. The monoisotopic (exact) mass is 199 g/mol. The number of rotatable bonds is 1. The highest BCUT2D eigenvalue weighted by Gasteiger charge is 1.96. The molecule has 0 fully saturated rings. The fourth-order valence-corrected chi connectivity index (χ4v) is 1.37. The zero-order chi connectivity index (χ0) is 11.1. The first-order valence-electron chi connectivity index (χ1n) is 4.66. The number of hydrogen-bond donors (Lipinski definition) is 0. The summed E-state index contributed by atoms with van der Waals surface area (Å²) >= 11 is 0. The van der Waals surface area contributed by atoms with Crippen LogP contribution in [0.15, 0.2) is 42.5 Å². The number of hydrogen-bond acceptors (Lipinski definition) is 2. The molecule has 0 aliphatic heterocycles. The lowest BCUT2D eigenvalue weighted by Crippen LogP contribution is -1.83. The van der Waals surface area contributed by atoms with Crippen LogP contribution in [0.5, 0.6) is 5.75 Å². The molecule has 0 saturated carbocycles. The number of fused-ring (bicyclic) bond motifs is 1. The lowest BCUT2D eigenvalue weighted by Gasteiger charge is -2.03. The molecule has 76 valence electrons. The first-order valence-corrected chi connectivity index (χ1v) is 4.66. The number of ether oxygens (including phenoxy) is 1. The summed E-state index contributed by atoms with van der Waals surface area (Å²) in [6.07, 6.45) is 0. The molecule has 0 saturated heterocycles. The fourth-order valence-electron chi connectivity index (χ4n) is 1.37. The van der Waals surface area contributed by atoms with E-state index in [2.05, 4.69) is 18.2 Å². The van der Waals surface area contributed by atoms with E-state index in [0.717, 1.165) is 5.75 Å². The highest BCUT2D eigenvalue weighted by Crippen LogP contribution is 2.24. The first-order chi connectivity index (χ1) is 7.33. The Morgan fingerprint density at radius 2 is 1.67 bits per heavy atom. The van der Waals surface area contributed by atoms with Crippen LogP contribution in [0.4, 0.5) is 0 Å². The lowest BCUT2D eigenvalue weighted by atomic mass is 10.1. The maximum absolute atomic E-state index is 7.32. The van der Waals surface area contributed by atoms with Crippen LogP contribution in [-0.2, 0) is 0 Å². The first kappa shape index (κ1) is 11.1. The molecule has 2 heteroatoms. The van der Waals surface area contributed by atoms with Crippen LogP contribution in [-0.4, -0.2) is 7.11 Å². The zero-order valence-corrected chi connectivity index (χ0v) is 8.90. The molecular formula is C13H13NO. The Kier molecular flexibility index (Phi) is 4.18. The van der Waals surface area contributed by atoms with Crippen molar-refractivity contribution >= 4 is 10.8 Å². The second-order valence-electron chi connectivity index (χ2n) is 2.91. The molecule has 0 spiro atoms. The number of methoxy groups -OCH3 is 1. The Labute approximate surface area is 89.7 Å². The minimum atomic E-state index is 0.938. The van der Waals surface area contributed by atoms with Gasteiger partial charge < -0.3 is 4.74 Å². The molecule has 0 radical (unpaired) electrons. The second kappa shape index (κ2) is 5.66. The summed E-state index contributed by atoms with van der Waals surface area (Å²) in [6, 6.07) is 16.0. The van der Waals surface area contributed by atoms with Gasteiger partial charge in [0.25, 0.3) is 0 Å². The van der Waals surface area contributed by atoms with E-state index in [-0.39, 0.29) is 0 Å². The van der Waals surface area contributed by atoms with Gasteiger partial charge in [-0.3, -0.25) is 0 Å². The van der Waals surface area contributed by atoms with Crippen LogP contribution >= 0.6 is 0 Å². The third-order valence-corrected chi connectivity index (χ3v) is 1.97. The maximum atomic E-state index is 7.32. The van der Waals surface area contributed by atoms with Crippen molar-refractivity contribution in [1.29, 1.82) is 5.26 Å². The SMILES string of the molecule is CC#N.COc1cccc2ccccc12. The summed E-state index contributed by atoms with van der Waals surface area (Å²) in [5.74, 6) is 0.938. The Morgan fingerprint density at radius 1 is 1.07 bits per heavy atom. The summed E-state index contributed by atoms with van der Waals surface area (Å²) in [4.78, 5) is 0. The van der Waals surface area contributed by atoms with Crippen LogP contribution in [0.25, 0.3) is 10.8 Å². The van der Waals surface area contributed by atoms with E-state index in [1.807, 2.05) is 24.3 Å². The molecule has 0 heterocycles. The standard InChI is InChI=1S/C11H10O.C2H3N/c1-12-11-8-4-6-9-5-2-3-7-10(9)11;1-2-3/h2-8H,1H3;1H3. The van der Waals surface area contributed by atoms with Gasteiger partial charge >= 0.3 is 0 Å². The van der Waals surface area contributed by atoms with E-state index >= 15 is 0 Å².